The fraction of sp³-hybridized carbons (Fsp3) is 0.600. The highest BCUT2D eigenvalue weighted by Crippen LogP contribution is 2.50. The molecular weight excluding hydrogens is 1170 g/mol. The van der Waals surface area contributed by atoms with Gasteiger partial charge in [0.25, 0.3) is 0 Å². The number of unbranched alkanes of at least 4 members (excludes halogenated alkanes) is 1. The van der Waals surface area contributed by atoms with Crippen LogP contribution in [0.3, 0.4) is 0 Å². The predicted molar refractivity (Wildman–Crippen MR) is 296 cm³/mol. The summed E-state index contributed by atoms with van der Waals surface area (Å²) in [5, 5.41) is 18.0. The molecule has 0 spiro atoms. The number of halogens is 2. The first-order valence-electron chi connectivity index (χ1n) is 18.5. The molecule has 59 heavy (non-hydrogen) atoms. The van der Waals surface area contributed by atoms with Crippen LogP contribution >= 0.6 is 31.9 Å². The highest BCUT2D eigenvalue weighted by Gasteiger charge is 2.39. The normalized spacial score (nSPS) is 19.5. The summed E-state index contributed by atoms with van der Waals surface area (Å²) in [5.41, 5.74) is 2.27. The van der Waals surface area contributed by atoms with Crippen LogP contribution in [-0.2, 0) is 152 Å². The Balaban J connectivity index is 0.000000266. The van der Waals surface area contributed by atoms with Crippen molar-refractivity contribution in [2.24, 2.45) is 17.8 Å². The second kappa shape index (κ2) is 36.1. The van der Waals surface area contributed by atoms with E-state index in [1.54, 1.807) is 68.2 Å². The third-order valence-corrected chi connectivity index (χ3v) is 29.7. The van der Waals surface area contributed by atoms with E-state index in [0.717, 1.165) is 63.8 Å². The maximum Gasteiger partial charge on any atom is 0.457 e. The van der Waals surface area contributed by atoms with Gasteiger partial charge in [-0.2, -0.15) is 0 Å². The van der Waals surface area contributed by atoms with Gasteiger partial charge in [-0.3, -0.25) is 0 Å². The molecule has 2 aromatic carbocycles. The zero-order chi connectivity index (χ0) is 43.3. The van der Waals surface area contributed by atoms with Gasteiger partial charge in [0.1, 0.15) is 11.5 Å². The lowest BCUT2D eigenvalue weighted by Gasteiger charge is -2.11. The molecule has 4 aliphatic rings. The van der Waals surface area contributed by atoms with Gasteiger partial charge < -0.3 is 29.0 Å². The molecule has 332 valence electrons. The number of rotatable bonds is 13. The summed E-state index contributed by atoms with van der Waals surface area (Å²) >= 11 is 25.3. The predicted octanol–water partition coefficient (Wildman–Crippen LogP) is 8.64. The van der Waals surface area contributed by atoms with Gasteiger partial charge in [0.15, 0.2) is 0 Å². The Bertz CT molecular complexity index is 2040. The minimum absolute atomic E-state index is 0.0502. The molecule has 1 saturated heterocycles. The van der Waals surface area contributed by atoms with Crippen LogP contribution in [-0.4, -0.2) is 56.0 Å². The van der Waals surface area contributed by atoms with Crippen molar-refractivity contribution < 1.29 is 29.0 Å². The van der Waals surface area contributed by atoms with E-state index in [4.69, 9.17) is 23.9 Å². The monoisotopic (exact) mass is 1210 g/mol. The zero-order valence-corrected chi connectivity index (χ0v) is 48.0. The van der Waals surface area contributed by atoms with E-state index in [0.29, 0.717) is 18.4 Å². The Morgan fingerprint density at radius 1 is 0.746 bits per heavy atom. The molecule has 0 radical (unpaired) electrons. The first-order chi connectivity index (χ1) is 28.6. The van der Waals surface area contributed by atoms with Crippen LogP contribution in [0.1, 0.15) is 82.8 Å². The van der Waals surface area contributed by atoms with Crippen molar-refractivity contribution in [3.63, 3.8) is 0 Å². The number of benzene rings is 2. The maximum absolute atomic E-state index is 9.17. The van der Waals surface area contributed by atoms with E-state index >= 15 is 0 Å². The molecule has 0 aromatic heterocycles. The number of aliphatic hydroxyl groups is 2. The molecule has 4 atom stereocenters. The molecule has 0 unspecified atom stereocenters. The summed E-state index contributed by atoms with van der Waals surface area (Å²) in [6.45, 7) is 8.32. The molecule has 1 heterocycles. The Morgan fingerprint density at radius 3 is 1.69 bits per heavy atom. The summed E-state index contributed by atoms with van der Waals surface area (Å²) in [5.74, 6) is 4.36. The second-order valence-electron chi connectivity index (χ2n) is 13.2. The Morgan fingerprint density at radius 2 is 1.24 bits per heavy atom. The Kier molecular flexibility index (Phi) is 34.9. The van der Waals surface area contributed by atoms with Gasteiger partial charge in [0.05, 0.1) is 32.0 Å². The third kappa shape index (κ3) is 27.9. The van der Waals surface area contributed by atoms with Crippen LogP contribution in [0, 0.1) is 17.8 Å². The lowest BCUT2D eigenvalue weighted by molar-refractivity contribution is 0.187. The minimum atomic E-state index is 0.0502. The van der Waals surface area contributed by atoms with E-state index in [2.05, 4.69) is 110 Å². The highest BCUT2D eigenvalue weighted by atomic mass is 79.9. The van der Waals surface area contributed by atoms with Gasteiger partial charge >= 0.3 is 7.12 Å². The SMILES string of the molecule is CCCCB1O[C@@H](C)[C@H](C)O1.OC/C=C/c1cc(Br)ccc1OCC1CC1.OC[C@H]1C[C@@H]1c1cc(Br)ccc1OCC1CC1.S=S=S=S=S=S=S.S=S=S=S=S=S=S=S. The number of aliphatic hydroxyl groups excluding tert-OH is 2. The Labute approximate surface area is 419 Å². The van der Waals surface area contributed by atoms with Gasteiger partial charge in [-0.05, 0) is 118 Å². The minimum Gasteiger partial charge on any atom is -0.493 e. The van der Waals surface area contributed by atoms with Gasteiger partial charge in [-0.1, -0.05) is 63.8 Å². The van der Waals surface area contributed by atoms with Gasteiger partial charge in [0.2, 0.25) is 0 Å². The fourth-order valence-corrected chi connectivity index (χ4v) is 25.0. The second-order valence-corrected chi connectivity index (χ2v) is 34.5. The molecule has 0 bridgehead atoms. The highest BCUT2D eigenvalue weighted by molar-refractivity contribution is 9.10. The largest absolute Gasteiger partial charge is 0.493 e. The number of hydrogen-bond acceptors (Lipinski definition) is 10. The maximum atomic E-state index is 9.17. The number of ether oxygens (including phenoxy) is 2. The van der Waals surface area contributed by atoms with E-state index in [1.807, 2.05) is 30.3 Å². The van der Waals surface area contributed by atoms with Crippen molar-refractivity contribution >= 4 is 187 Å². The van der Waals surface area contributed by atoms with Crippen LogP contribution in [0.5, 0.6) is 11.5 Å². The quantitative estimate of drug-likeness (QED) is 0.191. The topological polar surface area (TPSA) is 77.4 Å². The van der Waals surface area contributed by atoms with Crippen molar-refractivity contribution in [2.75, 3.05) is 26.4 Å². The number of hydrogen-bond donors (Lipinski definition) is 2. The smallest absolute Gasteiger partial charge is 0.457 e. The zero-order valence-electron chi connectivity index (χ0n) is 32.6. The van der Waals surface area contributed by atoms with Crippen LogP contribution in [0.25, 0.3) is 6.08 Å². The first-order valence-corrected chi connectivity index (χ1v) is 37.4. The molecule has 4 fully saturated rings. The molecule has 6 rings (SSSR count). The lowest BCUT2D eigenvalue weighted by Crippen LogP contribution is -2.14. The van der Waals surface area contributed by atoms with E-state index in [1.165, 1.54) is 79.6 Å². The summed E-state index contributed by atoms with van der Waals surface area (Å²) in [7, 11) is 16.6. The summed E-state index contributed by atoms with van der Waals surface area (Å²) in [4.78, 5) is 0. The summed E-state index contributed by atoms with van der Waals surface area (Å²) in [6, 6.07) is 12.1. The van der Waals surface area contributed by atoms with Gasteiger partial charge in [-0.25, -0.2) is 0 Å². The molecular formula is C35H49BBr2O6S15. The van der Waals surface area contributed by atoms with E-state index in [-0.39, 0.29) is 25.9 Å². The molecule has 3 saturated carbocycles. The van der Waals surface area contributed by atoms with Crippen molar-refractivity contribution in [2.45, 2.75) is 90.2 Å². The molecule has 24 heteroatoms. The summed E-state index contributed by atoms with van der Waals surface area (Å²) < 4.78 is 24.9. The lowest BCUT2D eigenvalue weighted by atomic mass is 9.83. The van der Waals surface area contributed by atoms with Crippen LogP contribution < -0.4 is 9.47 Å². The van der Waals surface area contributed by atoms with Crippen molar-refractivity contribution in [1.82, 2.24) is 0 Å². The molecule has 2 aromatic rings. The van der Waals surface area contributed by atoms with Crippen molar-refractivity contribution in [3.8, 4) is 11.5 Å². The molecule has 2 N–H and O–H groups in total. The molecule has 0 amide bonds. The molecule has 1 aliphatic heterocycles. The fourth-order valence-electron chi connectivity index (χ4n) is 5.03. The van der Waals surface area contributed by atoms with E-state index in [9.17, 15) is 5.11 Å². The van der Waals surface area contributed by atoms with Crippen molar-refractivity contribution in [1.29, 1.82) is 0 Å². The Hall–Kier alpha value is 1.94. The van der Waals surface area contributed by atoms with Crippen LogP contribution in [0.4, 0.5) is 0 Å². The van der Waals surface area contributed by atoms with Crippen LogP contribution in [0.15, 0.2) is 51.4 Å². The van der Waals surface area contributed by atoms with Crippen molar-refractivity contribution in [3.05, 3.63) is 62.5 Å². The first kappa shape index (κ1) is 57.1. The van der Waals surface area contributed by atoms with E-state index < -0.39 is 0 Å². The average molecular weight is 1220 g/mol. The van der Waals surface area contributed by atoms with Crippen LogP contribution in [0.2, 0.25) is 6.32 Å². The standard InChI is InChI=1S/C14H17BrO2.C13H15BrO2.C8H17BO2.S8.S7/c15-11-3-4-14(17-8-9-1-2-9)13(6-11)12-5-10(12)7-16;14-12-5-6-13(16-9-10-3-4-10)11(8-12)2-1-7-15;1-4-5-6-9-10-7(2)8(3)11-9;1-3-5-7-8-6-4-2;1-3-5-7-6-4-2/h3-4,6,9-10,12,16H,1-2,5,7-8H2;1-2,5-6,8,10,15H,3-4,7,9H2;7-8H,4-6H2,1-3H3;;/b;2-1+;;;/t10-,12+;;7-,8-;;/m1.0../s1. The molecule has 6 nitrogen and oxygen atoms in total. The summed E-state index contributed by atoms with van der Waals surface area (Å²) in [6.07, 6.45) is 13.9. The third-order valence-electron chi connectivity index (χ3n) is 8.68. The molecule has 3 aliphatic carbocycles. The average Bonchev–Trinajstić information content (AvgIpc) is 4.12. The van der Waals surface area contributed by atoms with Gasteiger partial charge in [0, 0.05) is 164 Å². The van der Waals surface area contributed by atoms with Gasteiger partial charge in [-0.15, -0.1) is 0 Å².